The predicted octanol–water partition coefficient (Wildman–Crippen LogP) is 2.42. The first-order chi connectivity index (χ1) is 13.6. The summed E-state index contributed by atoms with van der Waals surface area (Å²) in [6, 6.07) is 5.51. The van der Waals surface area contributed by atoms with Crippen LogP contribution in [-0.4, -0.2) is 60.3 Å². The van der Waals surface area contributed by atoms with Crippen molar-refractivity contribution in [2.45, 2.75) is 52.1 Å². The van der Waals surface area contributed by atoms with Crippen LogP contribution in [0, 0.1) is 0 Å². The minimum atomic E-state index is -0.223. The van der Waals surface area contributed by atoms with Gasteiger partial charge in [-0.25, -0.2) is 4.79 Å². The van der Waals surface area contributed by atoms with Gasteiger partial charge in [0.05, 0.1) is 6.61 Å². The van der Waals surface area contributed by atoms with Crippen LogP contribution in [0.4, 0.5) is 4.79 Å². The molecule has 164 valence electrons. The van der Waals surface area contributed by atoms with Crippen molar-refractivity contribution in [3.05, 3.63) is 34.7 Å². The number of piperidine rings is 1. The summed E-state index contributed by atoms with van der Waals surface area (Å²) in [7, 11) is 0. The summed E-state index contributed by atoms with van der Waals surface area (Å²) >= 11 is 0. The third kappa shape index (κ3) is 9.05. The second kappa shape index (κ2) is 14.2. The lowest BCUT2D eigenvalue weighted by molar-refractivity contribution is 0.0963. The molecule has 1 amide bonds. The highest BCUT2D eigenvalue weighted by atomic mass is 127. The average Bonchev–Trinajstić information content (AvgIpc) is 2.70. The average molecular weight is 519 g/mol. The van der Waals surface area contributed by atoms with Gasteiger partial charge in [-0.1, -0.05) is 6.07 Å². The Kier molecular flexibility index (Phi) is 12.4. The molecule has 2 rings (SSSR count). The Hall–Kier alpha value is -1.78. The molecule has 0 spiro atoms. The first kappa shape index (κ1) is 25.3. The number of guanidine groups is 1. The number of carbonyl (C=O) groups is 1. The van der Waals surface area contributed by atoms with Crippen LogP contribution in [0.2, 0.25) is 0 Å². The summed E-state index contributed by atoms with van der Waals surface area (Å²) in [5, 5.41) is 6.75. The number of aryl methyl sites for hydroxylation is 1. The van der Waals surface area contributed by atoms with Crippen molar-refractivity contribution in [3.63, 3.8) is 0 Å². The fraction of sp³-hybridized carbons (Fsp3) is 0.650. The summed E-state index contributed by atoms with van der Waals surface area (Å²) in [5.41, 5.74) is 0.0372. The van der Waals surface area contributed by atoms with Crippen molar-refractivity contribution in [2.24, 2.45) is 4.99 Å². The Morgan fingerprint density at radius 1 is 1.24 bits per heavy atom. The lowest BCUT2D eigenvalue weighted by Gasteiger charge is -2.32. The van der Waals surface area contributed by atoms with E-state index in [1.54, 1.807) is 21.6 Å². The lowest BCUT2D eigenvalue weighted by atomic mass is 10.1. The molecule has 0 bridgehead atoms. The van der Waals surface area contributed by atoms with E-state index in [2.05, 4.69) is 15.6 Å². The number of carbonyl (C=O) groups excluding carboxylic acids is 1. The molecule has 2 heterocycles. The van der Waals surface area contributed by atoms with E-state index in [1.165, 1.54) is 0 Å². The standard InChI is InChI=1S/C20H33N5O3.HI/c1-3-21-19(22-12-6-8-14-24-13-7-5-9-18(24)26)23-17-10-15-25(16-11-17)20(27)28-4-2;/h5,7,9,13,17H,3-4,6,8,10-12,14-16H2,1-2H3,(H2,21,22,23);1H. The zero-order valence-electron chi connectivity index (χ0n) is 17.4. The van der Waals surface area contributed by atoms with E-state index in [4.69, 9.17) is 4.74 Å². The molecule has 2 N–H and O–H groups in total. The molecule has 1 aromatic rings. The number of unbranched alkanes of at least 4 members (excludes halogenated alkanes) is 1. The van der Waals surface area contributed by atoms with Gasteiger partial charge in [0, 0.05) is 51.0 Å². The van der Waals surface area contributed by atoms with Crippen molar-refractivity contribution in [2.75, 3.05) is 32.8 Å². The number of hydrogen-bond acceptors (Lipinski definition) is 4. The van der Waals surface area contributed by atoms with Crippen LogP contribution in [0.25, 0.3) is 0 Å². The van der Waals surface area contributed by atoms with Crippen LogP contribution in [0.1, 0.15) is 39.5 Å². The molecule has 29 heavy (non-hydrogen) atoms. The Morgan fingerprint density at radius 3 is 2.66 bits per heavy atom. The molecule has 0 radical (unpaired) electrons. The second-order valence-electron chi connectivity index (χ2n) is 6.80. The van der Waals surface area contributed by atoms with Gasteiger partial charge < -0.3 is 24.8 Å². The van der Waals surface area contributed by atoms with Crippen molar-refractivity contribution in [1.82, 2.24) is 20.1 Å². The van der Waals surface area contributed by atoms with Gasteiger partial charge in [0.15, 0.2) is 5.96 Å². The molecule has 8 nitrogen and oxygen atoms in total. The van der Waals surface area contributed by atoms with Crippen molar-refractivity contribution in [1.29, 1.82) is 0 Å². The third-order valence-electron chi connectivity index (χ3n) is 4.68. The first-order valence-corrected chi connectivity index (χ1v) is 10.3. The highest BCUT2D eigenvalue weighted by molar-refractivity contribution is 14.0. The summed E-state index contributed by atoms with van der Waals surface area (Å²) in [4.78, 5) is 29.9. The van der Waals surface area contributed by atoms with Gasteiger partial charge in [-0.15, -0.1) is 24.0 Å². The summed E-state index contributed by atoms with van der Waals surface area (Å²) in [6.07, 6.45) is 5.17. The molecular weight excluding hydrogens is 485 g/mol. The Bertz CT molecular complexity index is 687. The van der Waals surface area contributed by atoms with Gasteiger partial charge in [-0.2, -0.15) is 0 Å². The highest BCUT2D eigenvalue weighted by Crippen LogP contribution is 2.11. The van der Waals surface area contributed by atoms with Crippen molar-refractivity contribution >= 4 is 36.0 Å². The molecule has 1 aromatic heterocycles. The van der Waals surface area contributed by atoms with Crippen LogP contribution in [0.3, 0.4) is 0 Å². The maximum atomic E-state index is 11.8. The summed E-state index contributed by atoms with van der Waals surface area (Å²) in [5.74, 6) is 0.814. The van der Waals surface area contributed by atoms with Crippen molar-refractivity contribution in [3.8, 4) is 0 Å². The van der Waals surface area contributed by atoms with E-state index in [0.717, 1.165) is 38.2 Å². The Balaban J connectivity index is 0.00000420. The van der Waals surface area contributed by atoms with Crippen LogP contribution < -0.4 is 16.2 Å². The van der Waals surface area contributed by atoms with E-state index in [0.29, 0.717) is 38.8 Å². The molecule has 9 heteroatoms. The SMILES string of the molecule is CCNC(=NCCCCn1ccccc1=O)NC1CCN(C(=O)OCC)CC1.I. The third-order valence-corrected chi connectivity index (χ3v) is 4.68. The molecule has 0 unspecified atom stereocenters. The molecule has 1 fully saturated rings. The number of nitrogens with zero attached hydrogens (tertiary/aromatic N) is 3. The van der Waals surface area contributed by atoms with E-state index < -0.39 is 0 Å². The fourth-order valence-electron chi connectivity index (χ4n) is 3.16. The molecule has 0 aromatic carbocycles. The van der Waals surface area contributed by atoms with E-state index in [-0.39, 0.29) is 35.6 Å². The largest absolute Gasteiger partial charge is 0.450 e. The van der Waals surface area contributed by atoms with Gasteiger partial charge in [-0.3, -0.25) is 9.79 Å². The molecule has 0 aliphatic carbocycles. The van der Waals surface area contributed by atoms with Gasteiger partial charge in [0.25, 0.3) is 0 Å². The molecule has 0 saturated carbocycles. The molecular formula is C20H34IN5O3. The number of aliphatic imine (C=N–C) groups is 1. The first-order valence-electron chi connectivity index (χ1n) is 10.3. The van der Waals surface area contributed by atoms with Crippen LogP contribution in [0.15, 0.2) is 34.2 Å². The second-order valence-corrected chi connectivity index (χ2v) is 6.80. The number of halogens is 1. The van der Waals surface area contributed by atoms with E-state index in [1.807, 2.05) is 26.1 Å². The van der Waals surface area contributed by atoms with E-state index in [9.17, 15) is 9.59 Å². The van der Waals surface area contributed by atoms with Gasteiger partial charge >= 0.3 is 6.09 Å². The zero-order chi connectivity index (χ0) is 20.2. The number of rotatable bonds is 8. The number of ether oxygens (including phenoxy) is 1. The number of pyridine rings is 1. The smallest absolute Gasteiger partial charge is 0.409 e. The fourth-order valence-corrected chi connectivity index (χ4v) is 3.16. The summed E-state index contributed by atoms with van der Waals surface area (Å²) < 4.78 is 6.79. The van der Waals surface area contributed by atoms with E-state index >= 15 is 0 Å². The number of hydrogen-bond donors (Lipinski definition) is 2. The monoisotopic (exact) mass is 519 g/mol. The number of nitrogens with one attached hydrogen (secondary N) is 2. The maximum absolute atomic E-state index is 11.8. The minimum absolute atomic E-state index is 0. The van der Waals surface area contributed by atoms with Gasteiger partial charge in [0.2, 0.25) is 5.56 Å². The normalized spacial score (nSPS) is 14.8. The lowest BCUT2D eigenvalue weighted by Crippen LogP contribution is -2.49. The summed E-state index contributed by atoms with van der Waals surface area (Å²) in [6.45, 7) is 7.89. The number of amides is 1. The molecule has 0 atom stereocenters. The molecule has 1 saturated heterocycles. The van der Waals surface area contributed by atoms with Crippen LogP contribution in [0.5, 0.6) is 0 Å². The van der Waals surface area contributed by atoms with Gasteiger partial charge in [-0.05, 0) is 45.6 Å². The zero-order valence-corrected chi connectivity index (χ0v) is 19.8. The van der Waals surface area contributed by atoms with Gasteiger partial charge in [0.1, 0.15) is 0 Å². The topological polar surface area (TPSA) is 88.0 Å². The Morgan fingerprint density at radius 2 is 2.00 bits per heavy atom. The quantitative estimate of drug-likeness (QED) is 0.239. The van der Waals surface area contributed by atoms with Crippen molar-refractivity contribution < 1.29 is 9.53 Å². The highest BCUT2D eigenvalue weighted by Gasteiger charge is 2.23. The molecule has 1 aliphatic heterocycles. The van der Waals surface area contributed by atoms with Crippen LogP contribution >= 0.6 is 24.0 Å². The predicted molar refractivity (Wildman–Crippen MR) is 126 cm³/mol. The Labute approximate surface area is 190 Å². The van der Waals surface area contributed by atoms with Crippen LogP contribution in [-0.2, 0) is 11.3 Å². The number of aromatic nitrogens is 1. The number of likely N-dealkylation sites (tertiary alicyclic amines) is 1. The minimum Gasteiger partial charge on any atom is -0.450 e. The molecule has 1 aliphatic rings. The maximum Gasteiger partial charge on any atom is 0.409 e.